The molecule has 6 nitrogen and oxygen atoms in total. The SMILES string of the molecule is C/C(=N/NC(=O)Nc1ccccc1)c1ccc(N2CCOCC2)cc1. The molecule has 0 radical (unpaired) electrons. The highest BCUT2D eigenvalue weighted by Crippen LogP contribution is 2.17. The summed E-state index contributed by atoms with van der Waals surface area (Å²) in [5, 5.41) is 6.88. The molecule has 130 valence electrons. The lowest BCUT2D eigenvalue weighted by atomic mass is 10.1. The molecule has 2 N–H and O–H groups in total. The van der Waals surface area contributed by atoms with Crippen molar-refractivity contribution in [2.75, 3.05) is 36.5 Å². The van der Waals surface area contributed by atoms with Gasteiger partial charge in [0, 0.05) is 24.5 Å². The number of amides is 2. The Morgan fingerprint density at radius 3 is 2.40 bits per heavy atom. The van der Waals surface area contributed by atoms with Gasteiger partial charge in [-0.3, -0.25) is 0 Å². The average Bonchev–Trinajstić information content (AvgIpc) is 2.68. The van der Waals surface area contributed by atoms with Gasteiger partial charge in [-0.2, -0.15) is 5.10 Å². The Kier molecular flexibility index (Phi) is 5.64. The summed E-state index contributed by atoms with van der Waals surface area (Å²) in [5.41, 5.74) is 6.14. The summed E-state index contributed by atoms with van der Waals surface area (Å²) in [5.74, 6) is 0. The number of benzene rings is 2. The second-order valence-electron chi connectivity index (χ2n) is 5.78. The molecule has 3 rings (SSSR count). The summed E-state index contributed by atoms with van der Waals surface area (Å²) in [4.78, 5) is 14.2. The monoisotopic (exact) mass is 338 g/mol. The van der Waals surface area contributed by atoms with Crippen LogP contribution in [0.3, 0.4) is 0 Å². The van der Waals surface area contributed by atoms with E-state index in [4.69, 9.17) is 4.74 Å². The molecular weight excluding hydrogens is 316 g/mol. The smallest absolute Gasteiger partial charge is 0.339 e. The molecule has 0 atom stereocenters. The van der Waals surface area contributed by atoms with Crippen LogP contribution in [0.2, 0.25) is 0 Å². The zero-order chi connectivity index (χ0) is 17.5. The number of nitrogens with one attached hydrogen (secondary N) is 2. The number of carbonyl (C=O) groups is 1. The van der Waals surface area contributed by atoms with Crippen LogP contribution in [-0.4, -0.2) is 38.0 Å². The van der Waals surface area contributed by atoms with Crippen LogP contribution in [-0.2, 0) is 4.74 Å². The largest absolute Gasteiger partial charge is 0.378 e. The summed E-state index contributed by atoms with van der Waals surface area (Å²) in [6.45, 7) is 5.22. The molecule has 25 heavy (non-hydrogen) atoms. The Morgan fingerprint density at radius 1 is 1.04 bits per heavy atom. The zero-order valence-corrected chi connectivity index (χ0v) is 14.2. The molecule has 1 heterocycles. The van der Waals surface area contributed by atoms with Crippen LogP contribution in [0.1, 0.15) is 12.5 Å². The summed E-state index contributed by atoms with van der Waals surface area (Å²) < 4.78 is 5.37. The molecule has 1 saturated heterocycles. The first-order chi connectivity index (χ1) is 12.2. The maximum Gasteiger partial charge on any atom is 0.339 e. The van der Waals surface area contributed by atoms with Gasteiger partial charge in [-0.1, -0.05) is 30.3 Å². The zero-order valence-electron chi connectivity index (χ0n) is 14.2. The van der Waals surface area contributed by atoms with Crippen LogP contribution in [0.15, 0.2) is 59.7 Å². The number of urea groups is 1. The van der Waals surface area contributed by atoms with Gasteiger partial charge >= 0.3 is 6.03 Å². The highest BCUT2D eigenvalue weighted by atomic mass is 16.5. The lowest BCUT2D eigenvalue weighted by Gasteiger charge is -2.28. The second kappa shape index (κ2) is 8.30. The van der Waals surface area contributed by atoms with Crippen molar-refractivity contribution in [2.24, 2.45) is 5.10 Å². The summed E-state index contributed by atoms with van der Waals surface area (Å²) >= 11 is 0. The number of carbonyl (C=O) groups excluding carboxylic acids is 1. The van der Waals surface area contributed by atoms with Gasteiger partial charge in [0.05, 0.1) is 18.9 Å². The third kappa shape index (κ3) is 4.81. The third-order valence-electron chi connectivity index (χ3n) is 4.02. The Morgan fingerprint density at radius 2 is 1.72 bits per heavy atom. The van der Waals surface area contributed by atoms with Gasteiger partial charge in [-0.15, -0.1) is 0 Å². The number of morpholine rings is 1. The van der Waals surface area contributed by atoms with Crippen LogP contribution in [0.5, 0.6) is 0 Å². The predicted octanol–water partition coefficient (Wildman–Crippen LogP) is 3.07. The maximum atomic E-state index is 11.9. The van der Waals surface area contributed by atoms with Gasteiger partial charge in [0.1, 0.15) is 0 Å². The van der Waals surface area contributed by atoms with Crippen LogP contribution < -0.4 is 15.6 Å². The lowest BCUT2D eigenvalue weighted by Crippen LogP contribution is -2.36. The first kappa shape index (κ1) is 17.0. The summed E-state index contributed by atoms with van der Waals surface area (Å²) in [6.07, 6.45) is 0. The van der Waals surface area contributed by atoms with Crippen molar-refractivity contribution in [1.82, 2.24) is 5.43 Å². The molecule has 0 aromatic heterocycles. The highest BCUT2D eigenvalue weighted by Gasteiger charge is 2.11. The number of anilines is 2. The number of para-hydroxylation sites is 1. The van der Waals surface area contributed by atoms with E-state index >= 15 is 0 Å². The number of nitrogens with zero attached hydrogens (tertiary/aromatic N) is 2. The Hall–Kier alpha value is -2.86. The quantitative estimate of drug-likeness (QED) is 0.665. The van der Waals surface area contributed by atoms with Gasteiger partial charge in [0.25, 0.3) is 0 Å². The summed E-state index contributed by atoms with van der Waals surface area (Å²) in [7, 11) is 0. The number of hydrazone groups is 1. The number of hydrogen-bond acceptors (Lipinski definition) is 4. The molecule has 6 heteroatoms. The van der Waals surface area contributed by atoms with E-state index in [0.717, 1.165) is 43.3 Å². The van der Waals surface area contributed by atoms with Crippen LogP contribution >= 0.6 is 0 Å². The molecule has 1 fully saturated rings. The first-order valence-electron chi connectivity index (χ1n) is 8.32. The first-order valence-corrected chi connectivity index (χ1v) is 8.32. The van der Waals surface area contributed by atoms with Gasteiger partial charge < -0.3 is 15.0 Å². The van der Waals surface area contributed by atoms with Crippen LogP contribution in [0.4, 0.5) is 16.2 Å². The average molecular weight is 338 g/mol. The van der Waals surface area contributed by atoms with E-state index in [0.29, 0.717) is 0 Å². The fourth-order valence-corrected chi connectivity index (χ4v) is 2.61. The van der Waals surface area contributed by atoms with Crippen molar-refractivity contribution in [2.45, 2.75) is 6.92 Å². The van der Waals surface area contributed by atoms with E-state index in [1.54, 1.807) is 0 Å². The summed E-state index contributed by atoms with van der Waals surface area (Å²) in [6, 6.07) is 17.1. The molecule has 2 amide bonds. The molecule has 1 aliphatic rings. The minimum Gasteiger partial charge on any atom is -0.378 e. The molecule has 2 aromatic rings. The molecule has 2 aromatic carbocycles. The minimum absolute atomic E-state index is 0.365. The van der Waals surface area contributed by atoms with Gasteiger partial charge in [0.2, 0.25) is 0 Å². The number of ether oxygens (including phenoxy) is 1. The van der Waals surface area contributed by atoms with Gasteiger partial charge in [-0.05, 0) is 36.8 Å². The Balaban J connectivity index is 1.57. The van der Waals surface area contributed by atoms with Crippen molar-refractivity contribution >= 4 is 23.1 Å². The highest BCUT2D eigenvalue weighted by molar-refractivity contribution is 6.00. The van der Waals surface area contributed by atoms with Crippen molar-refractivity contribution in [3.05, 3.63) is 60.2 Å². The Labute approximate surface area is 147 Å². The predicted molar refractivity (Wildman–Crippen MR) is 100 cm³/mol. The molecule has 0 bridgehead atoms. The normalized spacial score (nSPS) is 14.9. The molecule has 0 aliphatic carbocycles. The number of rotatable bonds is 4. The number of hydrogen-bond donors (Lipinski definition) is 2. The lowest BCUT2D eigenvalue weighted by molar-refractivity contribution is 0.122. The second-order valence-corrected chi connectivity index (χ2v) is 5.78. The van der Waals surface area contributed by atoms with Crippen LogP contribution in [0.25, 0.3) is 0 Å². The van der Waals surface area contributed by atoms with Crippen molar-refractivity contribution in [3.8, 4) is 0 Å². The molecule has 0 saturated carbocycles. The molecule has 1 aliphatic heterocycles. The van der Waals surface area contributed by atoms with E-state index in [-0.39, 0.29) is 6.03 Å². The fourth-order valence-electron chi connectivity index (χ4n) is 2.61. The maximum absolute atomic E-state index is 11.9. The van der Waals surface area contributed by atoms with Crippen LogP contribution in [0, 0.1) is 0 Å². The topological polar surface area (TPSA) is 66.0 Å². The minimum atomic E-state index is -0.365. The van der Waals surface area contributed by atoms with Gasteiger partial charge in [-0.25, -0.2) is 10.2 Å². The van der Waals surface area contributed by atoms with E-state index in [1.165, 1.54) is 5.69 Å². The van der Waals surface area contributed by atoms with Crippen molar-refractivity contribution in [1.29, 1.82) is 0 Å². The molecular formula is C19H22N4O2. The van der Waals surface area contributed by atoms with Crippen molar-refractivity contribution in [3.63, 3.8) is 0 Å². The van der Waals surface area contributed by atoms with E-state index in [1.807, 2.05) is 49.4 Å². The molecule has 0 spiro atoms. The van der Waals surface area contributed by atoms with Gasteiger partial charge in [0.15, 0.2) is 0 Å². The van der Waals surface area contributed by atoms with E-state index < -0.39 is 0 Å². The van der Waals surface area contributed by atoms with E-state index in [9.17, 15) is 4.79 Å². The fraction of sp³-hybridized carbons (Fsp3) is 0.263. The van der Waals surface area contributed by atoms with Crippen molar-refractivity contribution < 1.29 is 9.53 Å². The van der Waals surface area contributed by atoms with E-state index in [2.05, 4.69) is 32.9 Å². The standard InChI is InChI=1S/C19H22N4O2/c1-15(21-22-19(24)20-17-5-3-2-4-6-17)16-7-9-18(10-8-16)23-11-13-25-14-12-23/h2-10H,11-14H2,1H3,(H2,20,22,24)/b21-15-. The molecule has 0 unspecified atom stereocenters. The third-order valence-corrected chi connectivity index (χ3v) is 4.02. The Bertz CT molecular complexity index is 723.